The molecule has 0 saturated heterocycles. The molecule has 0 aliphatic heterocycles. The van der Waals surface area contributed by atoms with E-state index in [2.05, 4.69) is 30.7 Å². The van der Waals surface area contributed by atoms with Crippen LogP contribution in [0.25, 0.3) is 0 Å². The number of hydrogen-bond acceptors (Lipinski definition) is 22. The number of ether oxygens (including phenoxy) is 3. The molecule has 25 heteroatoms. The molecular weight excluding hydrogens is 987 g/mol. The molecule has 0 atom stereocenters. The Bertz CT molecular complexity index is 3340. The summed E-state index contributed by atoms with van der Waals surface area (Å²) in [7, 11) is 3.51. The molecule has 0 aliphatic carbocycles. The second-order valence-electron chi connectivity index (χ2n) is 16.2. The van der Waals surface area contributed by atoms with Crippen molar-refractivity contribution >= 4 is 52.0 Å². The number of carbonyl (C=O) groups excluding carboxylic acids is 3. The van der Waals surface area contributed by atoms with Crippen molar-refractivity contribution in [2.24, 2.45) is 30.7 Å². The lowest BCUT2D eigenvalue weighted by atomic mass is 10.1. The molecule has 3 aromatic heterocycles. The van der Waals surface area contributed by atoms with Crippen LogP contribution in [-0.2, 0) is 33.8 Å². The standard InChI is InChI=1S/C51H45N13O12/c1-28-34(25-52)43(65)62(46(68)40(28)58-55-37-16-10-7-13-31(37)49(71)74-4)22-19-61(20-23-63-44(66)35(26-53)29(2)41(47(63)69)59-56-38-17-11-8-14-32(38)50(72)75-5)21-24-64-45(67)36(27-54)30(3)42(48(64)70)60-57-39-18-12-9-15-33(39)51(73)76-6/h7-18,68-70H,19-24H2,1-6H3/b58-55+,59-56+,60-57+. The maximum Gasteiger partial charge on any atom is 0.340 e. The first kappa shape index (κ1) is 54.9. The molecular formula is C51H45N13O12. The van der Waals surface area contributed by atoms with Crippen molar-refractivity contribution in [3.8, 4) is 35.8 Å². The van der Waals surface area contributed by atoms with Crippen LogP contribution in [-0.4, -0.2) is 92.8 Å². The van der Waals surface area contributed by atoms with E-state index in [1.54, 1.807) is 36.4 Å². The van der Waals surface area contributed by atoms with Crippen molar-refractivity contribution in [1.82, 2.24) is 18.6 Å². The van der Waals surface area contributed by atoms with Gasteiger partial charge in [-0.3, -0.25) is 33.0 Å². The van der Waals surface area contributed by atoms with Gasteiger partial charge in [-0.05, 0) is 57.2 Å². The minimum absolute atomic E-state index is 0.0229. The van der Waals surface area contributed by atoms with Crippen LogP contribution in [0.15, 0.2) is 118 Å². The van der Waals surface area contributed by atoms with Crippen LogP contribution in [0, 0.1) is 54.8 Å². The predicted octanol–water partition coefficient (Wildman–Crippen LogP) is 7.14. The molecule has 3 N–H and O–H groups in total. The molecule has 0 amide bonds. The fraction of sp³-hybridized carbons (Fsp3) is 0.235. The average molecular weight is 1030 g/mol. The van der Waals surface area contributed by atoms with E-state index < -0.39 is 88.6 Å². The molecule has 0 spiro atoms. The lowest BCUT2D eigenvalue weighted by molar-refractivity contribution is 0.0592. The second kappa shape index (κ2) is 24.3. The maximum atomic E-state index is 13.9. The Labute approximate surface area is 431 Å². The molecule has 0 fully saturated rings. The Kier molecular flexibility index (Phi) is 17.6. The molecule has 76 heavy (non-hydrogen) atoms. The van der Waals surface area contributed by atoms with Crippen molar-refractivity contribution in [3.05, 3.63) is 154 Å². The number of methoxy groups -OCH3 is 3. The van der Waals surface area contributed by atoms with Crippen LogP contribution < -0.4 is 16.7 Å². The summed E-state index contributed by atoms with van der Waals surface area (Å²) in [4.78, 5) is 80.5. The lowest BCUT2D eigenvalue weighted by Gasteiger charge is -2.25. The van der Waals surface area contributed by atoms with Crippen molar-refractivity contribution < 1.29 is 43.9 Å². The van der Waals surface area contributed by atoms with Gasteiger partial charge in [-0.15, -0.1) is 30.7 Å². The number of carbonyl (C=O) groups is 3. The molecule has 0 bridgehead atoms. The summed E-state index contributed by atoms with van der Waals surface area (Å²) in [6.45, 7) is 1.97. The van der Waals surface area contributed by atoms with E-state index >= 15 is 0 Å². The first-order chi connectivity index (χ1) is 36.5. The Balaban J connectivity index is 1.44. The number of azo groups is 3. The number of aromatic hydroxyl groups is 3. The minimum Gasteiger partial charge on any atom is -0.493 e. The van der Waals surface area contributed by atoms with Gasteiger partial charge in [-0.2, -0.15) is 15.8 Å². The maximum absolute atomic E-state index is 13.9. The largest absolute Gasteiger partial charge is 0.493 e. The summed E-state index contributed by atoms with van der Waals surface area (Å²) in [6.07, 6.45) is 0. The van der Waals surface area contributed by atoms with Crippen LogP contribution in [0.2, 0.25) is 0 Å². The molecule has 0 radical (unpaired) electrons. The SMILES string of the molecule is COC(=O)c1ccccc1/N=N/c1c(C)c(C#N)c(=O)n(CCN(CCn2c(O)c(/N=N/c3ccccc3C(=O)OC)c(C)c(C#N)c2=O)CCn2c(O)c(/N=N/c3ccccc3C(=O)OC)c(C)c(C#N)c2=O)c1O. The molecule has 386 valence electrons. The van der Waals surface area contributed by atoms with Crippen LogP contribution in [0.1, 0.15) is 64.5 Å². The summed E-state index contributed by atoms with van der Waals surface area (Å²) in [5.41, 5.74) is -5.03. The van der Waals surface area contributed by atoms with Crippen LogP contribution >= 0.6 is 0 Å². The van der Waals surface area contributed by atoms with Gasteiger partial charge in [0.15, 0.2) is 17.1 Å². The predicted molar refractivity (Wildman–Crippen MR) is 268 cm³/mol. The Morgan fingerprint density at radius 1 is 0.474 bits per heavy atom. The summed E-state index contributed by atoms with van der Waals surface area (Å²) in [5, 5.41) is 90.1. The van der Waals surface area contributed by atoms with Gasteiger partial charge in [0.2, 0.25) is 17.6 Å². The zero-order valence-electron chi connectivity index (χ0n) is 41.5. The minimum atomic E-state index is -0.948. The summed E-state index contributed by atoms with van der Waals surface area (Å²) in [5.74, 6) is -4.45. The monoisotopic (exact) mass is 1030 g/mol. The van der Waals surface area contributed by atoms with E-state index in [9.17, 15) is 59.9 Å². The van der Waals surface area contributed by atoms with Crippen LogP contribution in [0.3, 0.4) is 0 Å². The third kappa shape index (κ3) is 11.3. The van der Waals surface area contributed by atoms with E-state index in [-0.39, 0.29) is 87.1 Å². The highest BCUT2D eigenvalue weighted by Gasteiger charge is 2.25. The third-order valence-electron chi connectivity index (χ3n) is 11.9. The van der Waals surface area contributed by atoms with Crippen molar-refractivity contribution in [2.45, 2.75) is 40.4 Å². The Hall–Kier alpha value is -10.5. The molecule has 3 aromatic carbocycles. The number of hydrogen-bond donors (Lipinski definition) is 3. The second-order valence-corrected chi connectivity index (χ2v) is 16.2. The number of esters is 3. The molecule has 6 rings (SSSR count). The summed E-state index contributed by atoms with van der Waals surface area (Å²) < 4.78 is 17.0. The molecule has 0 saturated carbocycles. The quantitative estimate of drug-likeness (QED) is 0.0437. The highest BCUT2D eigenvalue weighted by Crippen LogP contribution is 2.36. The fourth-order valence-electron chi connectivity index (χ4n) is 7.69. The normalized spacial score (nSPS) is 11.2. The van der Waals surface area contributed by atoms with Crippen molar-refractivity contribution in [1.29, 1.82) is 15.8 Å². The van der Waals surface area contributed by atoms with Crippen molar-refractivity contribution in [3.63, 3.8) is 0 Å². The smallest absolute Gasteiger partial charge is 0.340 e. The fourth-order valence-corrected chi connectivity index (χ4v) is 7.69. The van der Waals surface area contributed by atoms with Gasteiger partial charge < -0.3 is 29.5 Å². The third-order valence-corrected chi connectivity index (χ3v) is 11.9. The van der Waals surface area contributed by atoms with Gasteiger partial charge in [0.1, 0.15) is 52.0 Å². The zero-order valence-corrected chi connectivity index (χ0v) is 41.5. The topological polar surface area (TPSA) is 354 Å². The van der Waals surface area contributed by atoms with E-state index in [0.717, 1.165) is 13.7 Å². The first-order valence-electron chi connectivity index (χ1n) is 22.6. The number of pyridine rings is 3. The van der Waals surface area contributed by atoms with Gasteiger partial charge in [-0.25, -0.2) is 14.4 Å². The van der Waals surface area contributed by atoms with Crippen molar-refractivity contribution in [2.75, 3.05) is 41.0 Å². The van der Waals surface area contributed by atoms with Crippen LogP contribution in [0.4, 0.5) is 34.1 Å². The van der Waals surface area contributed by atoms with Gasteiger partial charge in [0, 0.05) is 56.0 Å². The van der Waals surface area contributed by atoms with E-state index in [0.29, 0.717) is 0 Å². The zero-order chi connectivity index (χ0) is 55.4. The van der Waals surface area contributed by atoms with Crippen LogP contribution in [0.5, 0.6) is 17.6 Å². The van der Waals surface area contributed by atoms with Gasteiger partial charge in [-0.1, -0.05) is 36.4 Å². The summed E-state index contributed by atoms with van der Waals surface area (Å²) >= 11 is 0. The molecule has 6 aromatic rings. The number of nitrogens with zero attached hydrogens (tertiary/aromatic N) is 13. The number of benzene rings is 3. The molecule has 0 unspecified atom stereocenters. The number of nitriles is 3. The molecule has 25 nitrogen and oxygen atoms in total. The lowest BCUT2D eigenvalue weighted by Crippen LogP contribution is -2.38. The Morgan fingerprint density at radius 2 is 0.724 bits per heavy atom. The van der Waals surface area contributed by atoms with Gasteiger partial charge >= 0.3 is 17.9 Å². The molecule has 0 aliphatic rings. The number of aromatic nitrogens is 3. The van der Waals surface area contributed by atoms with E-state index in [1.165, 1.54) is 83.4 Å². The number of rotatable bonds is 18. The van der Waals surface area contributed by atoms with E-state index in [1.807, 2.05) is 18.2 Å². The van der Waals surface area contributed by atoms with Gasteiger partial charge in [0.25, 0.3) is 16.7 Å². The average Bonchev–Trinajstić information content (AvgIpc) is 3.42. The first-order valence-corrected chi connectivity index (χ1v) is 22.6. The highest BCUT2D eigenvalue weighted by molar-refractivity contribution is 5.96. The highest BCUT2D eigenvalue weighted by atomic mass is 16.5. The van der Waals surface area contributed by atoms with E-state index in [4.69, 9.17) is 14.2 Å². The summed E-state index contributed by atoms with van der Waals surface area (Å²) in [6, 6.07) is 23.5. The van der Waals surface area contributed by atoms with Gasteiger partial charge in [0.05, 0.1) is 38.0 Å². The molecule has 3 heterocycles. The Morgan fingerprint density at radius 3 is 0.961 bits per heavy atom.